The van der Waals surface area contributed by atoms with Crippen LogP contribution in [-0.2, 0) is 0 Å². The summed E-state index contributed by atoms with van der Waals surface area (Å²) in [6, 6.07) is 5.63. The zero-order valence-corrected chi connectivity index (χ0v) is 9.95. The van der Waals surface area contributed by atoms with Gasteiger partial charge in [-0.15, -0.1) is 0 Å². The predicted octanol–water partition coefficient (Wildman–Crippen LogP) is 0.806. The van der Waals surface area contributed by atoms with Crippen LogP contribution in [0.15, 0.2) is 18.2 Å². The fourth-order valence-electron chi connectivity index (χ4n) is 2.76. The molecule has 0 radical (unpaired) electrons. The lowest BCUT2D eigenvalue weighted by Crippen LogP contribution is -2.45. The van der Waals surface area contributed by atoms with Crippen LogP contribution >= 0.6 is 0 Å². The van der Waals surface area contributed by atoms with E-state index in [9.17, 15) is 5.11 Å². The van der Waals surface area contributed by atoms with Gasteiger partial charge in [-0.25, -0.2) is 0 Å². The Hall–Kier alpha value is -1.26. The van der Waals surface area contributed by atoms with E-state index in [1.807, 2.05) is 12.1 Å². The molecule has 4 heteroatoms. The highest BCUT2D eigenvalue weighted by molar-refractivity contribution is 5.60. The van der Waals surface area contributed by atoms with E-state index in [0.717, 1.165) is 39.3 Å². The molecule has 1 unspecified atom stereocenters. The van der Waals surface area contributed by atoms with E-state index in [1.54, 1.807) is 6.07 Å². The number of anilines is 1. The van der Waals surface area contributed by atoms with Gasteiger partial charge in [-0.2, -0.15) is 0 Å². The fraction of sp³-hybridized carbons (Fsp3) is 0.538. The average Bonchev–Trinajstić information content (AvgIpc) is 2.73. The van der Waals surface area contributed by atoms with Gasteiger partial charge in [0, 0.05) is 50.9 Å². The lowest BCUT2D eigenvalue weighted by molar-refractivity contribution is 0.230. The van der Waals surface area contributed by atoms with Crippen molar-refractivity contribution in [3.05, 3.63) is 23.8 Å². The minimum atomic E-state index is 0.373. The Morgan fingerprint density at radius 1 is 1.29 bits per heavy atom. The van der Waals surface area contributed by atoms with Crippen LogP contribution in [0.2, 0.25) is 0 Å². The Bertz CT molecular complexity index is 402. The van der Waals surface area contributed by atoms with E-state index < -0.39 is 0 Å². The van der Waals surface area contributed by atoms with Crippen LogP contribution < -0.4 is 10.6 Å². The van der Waals surface area contributed by atoms with Crippen molar-refractivity contribution in [1.29, 1.82) is 0 Å². The number of phenolic OH excluding ortho intramolecular Hbond substituents is 1. The molecule has 0 saturated carbocycles. The lowest BCUT2D eigenvalue weighted by Gasteiger charge is -2.29. The van der Waals surface area contributed by atoms with Crippen LogP contribution in [0.1, 0.15) is 11.5 Å². The van der Waals surface area contributed by atoms with Gasteiger partial charge in [0.25, 0.3) is 0 Å². The second-order valence-corrected chi connectivity index (χ2v) is 4.90. The van der Waals surface area contributed by atoms with Crippen LogP contribution in [0, 0.1) is 0 Å². The van der Waals surface area contributed by atoms with Crippen molar-refractivity contribution in [3.63, 3.8) is 0 Å². The van der Waals surface area contributed by atoms with Gasteiger partial charge in [-0.1, -0.05) is 0 Å². The number of phenols is 1. The van der Waals surface area contributed by atoms with Crippen molar-refractivity contribution in [2.75, 3.05) is 44.6 Å². The SMILES string of the molecule is Oc1ccc2c(c1)C(CN1CCNCC1)CN2. The predicted molar refractivity (Wildman–Crippen MR) is 68.6 cm³/mol. The van der Waals surface area contributed by atoms with E-state index in [4.69, 9.17) is 0 Å². The molecule has 3 rings (SSSR count). The van der Waals surface area contributed by atoms with Gasteiger partial charge in [0.2, 0.25) is 0 Å². The highest BCUT2D eigenvalue weighted by atomic mass is 16.3. The van der Waals surface area contributed by atoms with Gasteiger partial charge < -0.3 is 20.6 Å². The molecule has 4 nitrogen and oxygen atoms in total. The van der Waals surface area contributed by atoms with Crippen molar-refractivity contribution < 1.29 is 5.11 Å². The molecule has 1 aromatic rings. The van der Waals surface area contributed by atoms with Crippen molar-refractivity contribution in [2.24, 2.45) is 0 Å². The first-order valence-electron chi connectivity index (χ1n) is 6.33. The summed E-state index contributed by atoms with van der Waals surface area (Å²) in [5, 5.41) is 16.4. The summed E-state index contributed by atoms with van der Waals surface area (Å²) in [6.07, 6.45) is 0. The maximum atomic E-state index is 9.57. The molecule has 0 aromatic heterocycles. The zero-order valence-electron chi connectivity index (χ0n) is 9.95. The van der Waals surface area contributed by atoms with Crippen molar-refractivity contribution >= 4 is 5.69 Å². The minimum Gasteiger partial charge on any atom is -0.508 e. The van der Waals surface area contributed by atoms with Crippen molar-refractivity contribution in [1.82, 2.24) is 10.2 Å². The molecule has 0 amide bonds. The second kappa shape index (κ2) is 4.55. The number of rotatable bonds is 2. The number of nitrogens with zero attached hydrogens (tertiary/aromatic N) is 1. The first kappa shape index (κ1) is 10.9. The number of nitrogens with one attached hydrogen (secondary N) is 2. The van der Waals surface area contributed by atoms with Gasteiger partial charge >= 0.3 is 0 Å². The minimum absolute atomic E-state index is 0.373. The Labute approximate surface area is 102 Å². The Morgan fingerprint density at radius 2 is 2.12 bits per heavy atom. The summed E-state index contributed by atoms with van der Waals surface area (Å²) in [4.78, 5) is 2.50. The Morgan fingerprint density at radius 3 is 2.94 bits per heavy atom. The van der Waals surface area contributed by atoms with Crippen LogP contribution in [0.5, 0.6) is 5.75 Å². The summed E-state index contributed by atoms with van der Waals surface area (Å²) in [6.45, 7) is 6.52. The molecular weight excluding hydrogens is 214 g/mol. The third-order valence-electron chi connectivity index (χ3n) is 3.70. The third kappa shape index (κ3) is 2.23. The van der Waals surface area contributed by atoms with E-state index in [2.05, 4.69) is 15.5 Å². The fourth-order valence-corrected chi connectivity index (χ4v) is 2.76. The van der Waals surface area contributed by atoms with Crippen molar-refractivity contribution in [3.8, 4) is 5.75 Å². The molecule has 0 bridgehead atoms. The maximum absolute atomic E-state index is 9.57. The molecule has 1 atom stereocenters. The standard InChI is InChI=1S/C13H19N3O/c17-11-1-2-13-12(7-11)10(8-15-13)9-16-5-3-14-4-6-16/h1-2,7,10,14-15,17H,3-6,8-9H2. The second-order valence-electron chi connectivity index (χ2n) is 4.90. The summed E-state index contributed by atoms with van der Waals surface area (Å²) in [7, 11) is 0. The molecule has 1 saturated heterocycles. The van der Waals surface area contributed by atoms with Crippen LogP contribution in [0.25, 0.3) is 0 Å². The number of aromatic hydroxyl groups is 1. The molecule has 92 valence electrons. The lowest BCUT2D eigenvalue weighted by atomic mass is 10.00. The molecular formula is C13H19N3O. The van der Waals surface area contributed by atoms with Gasteiger partial charge in [-0.05, 0) is 23.8 Å². The summed E-state index contributed by atoms with van der Waals surface area (Å²) in [5.41, 5.74) is 2.45. The Balaban J connectivity index is 1.72. The average molecular weight is 233 g/mol. The molecule has 1 fully saturated rings. The van der Waals surface area contributed by atoms with E-state index in [0.29, 0.717) is 11.7 Å². The smallest absolute Gasteiger partial charge is 0.116 e. The largest absolute Gasteiger partial charge is 0.508 e. The summed E-state index contributed by atoms with van der Waals surface area (Å²) >= 11 is 0. The Kier molecular flexibility index (Phi) is 2.91. The van der Waals surface area contributed by atoms with Gasteiger partial charge in [0.15, 0.2) is 0 Å². The van der Waals surface area contributed by atoms with Gasteiger partial charge in [0.05, 0.1) is 0 Å². The molecule has 2 aliphatic heterocycles. The van der Waals surface area contributed by atoms with E-state index >= 15 is 0 Å². The third-order valence-corrected chi connectivity index (χ3v) is 3.70. The van der Waals surface area contributed by atoms with E-state index in [-0.39, 0.29) is 0 Å². The molecule has 2 heterocycles. The van der Waals surface area contributed by atoms with Crippen LogP contribution in [0.3, 0.4) is 0 Å². The van der Waals surface area contributed by atoms with Crippen LogP contribution in [-0.4, -0.2) is 49.3 Å². The molecule has 2 aliphatic rings. The molecule has 0 aliphatic carbocycles. The van der Waals surface area contributed by atoms with Gasteiger partial charge in [0.1, 0.15) is 5.75 Å². The number of fused-ring (bicyclic) bond motifs is 1. The van der Waals surface area contributed by atoms with E-state index in [1.165, 1.54) is 11.3 Å². The molecule has 17 heavy (non-hydrogen) atoms. The quantitative estimate of drug-likeness (QED) is 0.662. The monoisotopic (exact) mass is 233 g/mol. The number of benzene rings is 1. The van der Waals surface area contributed by atoms with Crippen molar-refractivity contribution in [2.45, 2.75) is 5.92 Å². The topological polar surface area (TPSA) is 47.5 Å². The first-order chi connectivity index (χ1) is 8.33. The highest BCUT2D eigenvalue weighted by Gasteiger charge is 2.25. The first-order valence-corrected chi connectivity index (χ1v) is 6.33. The zero-order chi connectivity index (χ0) is 11.7. The molecule has 3 N–H and O–H groups in total. The van der Waals surface area contributed by atoms with Gasteiger partial charge in [-0.3, -0.25) is 0 Å². The summed E-state index contributed by atoms with van der Waals surface area (Å²) < 4.78 is 0. The number of hydrogen-bond donors (Lipinski definition) is 3. The number of piperazine rings is 1. The summed E-state index contributed by atoms with van der Waals surface area (Å²) in [5.74, 6) is 0.882. The normalized spacial score (nSPS) is 24.4. The molecule has 0 spiro atoms. The molecule has 1 aromatic carbocycles. The highest BCUT2D eigenvalue weighted by Crippen LogP contribution is 2.34. The maximum Gasteiger partial charge on any atom is 0.116 e. The number of hydrogen-bond acceptors (Lipinski definition) is 4. The van der Waals surface area contributed by atoms with Crippen LogP contribution in [0.4, 0.5) is 5.69 Å².